The Kier molecular flexibility index (Phi) is 4.22. The molecule has 0 spiro atoms. The molecule has 2 aromatic carbocycles. The third kappa shape index (κ3) is 2.96. The molecule has 0 saturated heterocycles. The highest BCUT2D eigenvalue weighted by atomic mass is 16.5. The highest BCUT2D eigenvalue weighted by Gasteiger charge is 2.24. The smallest absolute Gasteiger partial charge is 0.278 e. The summed E-state index contributed by atoms with van der Waals surface area (Å²) >= 11 is 0. The molecule has 0 radical (unpaired) electrons. The van der Waals surface area contributed by atoms with E-state index in [1.807, 2.05) is 30.3 Å². The minimum absolute atomic E-state index is 0.168. The maximum atomic E-state index is 13.0. The van der Waals surface area contributed by atoms with E-state index < -0.39 is 0 Å². The molecule has 0 aliphatic carbocycles. The fourth-order valence-electron chi connectivity index (χ4n) is 3.00. The molecule has 4 rings (SSSR count). The Morgan fingerprint density at radius 2 is 2.04 bits per heavy atom. The molecule has 1 aliphatic rings. The number of anilines is 1. The van der Waals surface area contributed by atoms with Gasteiger partial charge in [-0.05, 0) is 30.3 Å². The van der Waals surface area contributed by atoms with Crippen molar-refractivity contribution in [3.8, 4) is 11.8 Å². The van der Waals surface area contributed by atoms with E-state index in [1.54, 1.807) is 40.0 Å². The van der Waals surface area contributed by atoms with Crippen LogP contribution >= 0.6 is 0 Å². The van der Waals surface area contributed by atoms with E-state index in [-0.39, 0.29) is 5.91 Å². The fourth-order valence-corrected chi connectivity index (χ4v) is 3.00. The summed E-state index contributed by atoms with van der Waals surface area (Å²) in [5, 5.41) is 13.4. The Balaban J connectivity index is 1.66. The largest absolute Gasteiger partial charge is 0.375 e. The zero-order chi connectivity index (χ0) is 17.9. The molecule has 1 aliphatic heterocycles. The second-order valence-corrected chi connectivity index (χ2v) is 5.95. The van der Waals surface area contributed by atoms with Gasteiger partial charge >= 0.3 is 0 Å². The number of carbonyl (C=O) groups excluding carboxylic acids is 1. The molecule has 6 nitrogen and oxygen atoms in total. The molecule has 1 amide bonds. The lowest BCUT2D eigenvalue weighted by atomic mass is 10.1. The van der Waals surface area contributed by atoms with Crippen LogP contribution in [0.15, 0.2) is 60.8 Å². The van der Waals surface area contributed by atoms with Crippen LogP contribution in [-0.4, -0.2) is 28.8 Å². The highest BCUT2D eigenvalue weighted by molar-refractivity contribution is 6.05. The van der Waals surface area contributed by atoms with Crippen LogP contribution in [0.3, 0.4) is 0 Å². The molecule has 26 heavy (non-hydrogen) atoms. The predicted octanol–water partition coefficient (Wildman–Crippen LogP) is 2.92. The zero-order valence-electron chi connectivity index (χ0n) is 14.0. The summed E-state index contributed by atoms with van der Waals surface area (Å²) < 4.78 is 7.19. The van der Waals surface area contributed by atoms with Crippen LogP contribution in [0.4, 0.5) is 5.69 Å². The molecule has 0 fully saturated rings. The summed E-state index contributed by atoms with van der Waals surface area (Å²) in [5.74, 6) is -0.168. The van der Waals surface area contributed by atoms with Crippen molar-refractivity contribution in [1.29, 1.82) is 5.26 Å². The number of nitrogens with zero attached hydrogens (tertiary/aromatic N) is 4. The fraction of sp³-hybridized carbons (Fsp3) is 0.150. The number of carbonyl (C=O) groups is 1. The van der Waals surface area contributed by atoms with Crippen molar-refractivity contribution in [2.45, 2.75) is 6.61 Å². The number of rotatable bonds is 2. The summed E-state index contributed by atoms with van der Waals surface area (Å²) in [7, 11) is 0. The van der Waals surface area contributed by atoms with E-state index in [0.29, 0.717) is 31.0 Å². The molecule has 0 saturated carbocycles. The third-order valence-corrected chi connectivity index (χ3v) is 4.29. The number of ether oxygens (including phenoxy) is 1. The Hall–Kier alpha value is -3.43. The van der Waals surface area contributed by atoms with Crippen LogP contribution in [0.25, 0.3) is 5.69 Å². The normalized spacial score (nSPS) is 13.6. The van der Waals surface area contributed by atoms with E-state index in [0.717, 1.165) is 16.9 Å². The molecule has 0 atom stereocenters. The average Bonchev–Trinajstić information content (AvgIpc) is 3.09. The lowest BCUT2D eigenvalue weighted by molar-refractivity contribution is 0.0961. The molecule has 128 valence electrons. The van der Waals surface area contributed by atoms with E-state index >= 15 is 0 Å². The number of para-hydroxylation sites is 1. The van der Waals surface area contributed by atoms with Crippen LogP contribution in [0, 0.1) is 11.3 Å². The number of hydrogen-bond donors (Lipinski definition) is 0. The van der Waals surface area contributed by atoms with Crippen molar-refractivity contribution in [1.82, 2.24) is 9.78 Å². The molecule has 6 heteroatoms. The summed E-state index contributed by atoms with van der Waals surface area (Å²) in [6.07, 6.45) is 1.73. The Bertz CT molecular complexity index is 1000. The van der Waals surface area contributed by atoms with Crippen molar-refractivity contribution in [2.24, 2.45) is 0 Å². The number of benzene rings is 2. The van der Waals surface area contributed by atoms with Gasteiger partial charge in [-0.3, -0.25) is 4.79 Å². The van der Waals surface area contributed by atoms with Gasteiger partial charge in [-0.25, -0.2) is 4.68 Å². The van der Waals surface area contributed by atoms with Crippen molar-refractivity contribution in [3.05, 3.63) is 77.6 Å². The number of amides is 1. The summed E-state index contributed by atoms with van der Waals surface area (Å²) in [6.45, 7) is 1.45. The van der Waals surface area contributed by atoms with Crippen LogP contribution < -0.4 is 4.90 Å². The molecule has 2 heterocycles. The Labute approximate surface area is 150 Å². The van der Waals surface area contributed by atoms with Gasteiger partial charge in [-0.1, -0.05) is 24.3 Å². The Morgan fingerprint density at radius 1 is 1.15 bits per heavy atom. The molecular formula is C20H16N4O2. The standard InChI is InChI=1S/C20H16N4O2/c21-13-15-4-3-6-17(12-15)24-9-8-18(22-24)20(25)23-10-11-26-14-16-5-1-2-7-19(16)23/h1-9,12H,10-11,14H2. The minimum Gasteiger partial charge on any atom is -0.375 e. The van der Waals surface area contributed by atoms with Gasteiger partial charge in [0.25, 0.3) is 5.91 Å². The molecule has 1 aromatic heterocycles. The summed E-state index contributed by atoms with van der Waals surface area (Å²) in [5.41, 5.74) is 3.48. The van der Waals surface area contributed by atoms with Crippen LogP contribution in [0.1, 0.15) is 21.6 Å². The van der Waals surface area contributed by atoms with E-state index in [1.165, 1.54) is 0 Å². The van der Waals surface area contributed by atoms with Crippen LogP contribution in [0.2, 0.25) is 0 Å². The minimum atomic E-state index is -0.168. The second kappa shape index (κ2) is 6.82. The number of fused-ring (bicyclic) bond motifs is 1. The van der Waals surface area contributed by atoms with E-state index in [2.05, 4.69) is 11.2 Å². The van der Waals surface area contributed by atoms with Gasteiger partial charge in [0.2, 0.25) is 0 Å². The van der Waals surface area contributed by atoms with Crippen LogP contribution in [0.5, 0.6) is 0 Å². The van der Waals surface area contributed by atoms with Gasteiger partial charge in [0.15, 0.2) is 5.69 Å². The first-order valence-electron chi connectivity index (χ1n) is 8.30. The molecule has 0 bridgehead atoms. The Morgan fingerprint density at radius 3 is 2.92 bits per heavy atom. The van der Waals surface area contributed by atoms with E-state index in [4.69, 9.17) is 10.00 Å². The van der Waals surface area contributed by atoms with Gasteiger partial charge < -0.3 is 9.64 Å². The predicted molar refractivity (Wildman–Crippen MR) is 96.1 cm³/mol. The van der Waals surface area contributed by atoms with Gasteiger partial charge in [0.1, 0.15) is 0 Å². The van der Waals surface area contributed by atoms with Gasteiger partial charge in [0, 0.05) is 24.0 Å². The first-order chi connectivity index (χ1) is 12.8. The second-order valence-electron chi connectivity index (χ2n) is 5.95. The lowest BCUT2D eigenvalue weighted by Crippen LogP contribution is -2.33. The van der Waals surface area contributed by atoms with Gasteiger partial charge in [-0.15, -0.1) is 0 Å². The van der Waals surface area contributed by atoms with Crippen molar-refractivity contribution >= 4 is 11.6 Å². The molecule has 0 unspecified atom stereocenters. The molecular weight excluding hydrogens is 328 g/mol. The maximum absolute atomic E-state index is 13.0. The topological polar surface area (TPSA) is 71.2 Å². The number of nitriles is 1. The summed E-state index contributed by atoms with van der Waals surface area (Å²) in [6, 6.07) is 18.6. The summed E-state index contributed by atoms with van der Waals surface area (Å²) in [4.78, 5) is 14.7. The number of hydrogen-bond acceptors (Lipinski definition) is 4. The first-order valence-corrected chi connectivity index (χ1v) is 8.30. The average molecular weight is 344 g/mol. The first kappa shape index (κ1) is 16.1. The lowest BCUT2D eigenvalue weighted by Gasteiger charge is -2.21. The van der Waals surface area contributed by atoms with Crippen LogP contribution in [-0.2, 0) is 11.3 Å². The third-order valence-electron chi connectivity index (χ3n) is 4.29. The maximum Gasteiger partial charge on any atom is 0.278 e. The molecule has 3 aromatic rings. The highest BCUT2D eigenvalue weighted by Crippen LogP contribution is 2.25. The monoisotopic (exact) mass is 344 g/mol. The van der Waals surface area contributed by atoms with Gasteiger partial charge in [0.05, 0.1) is 30.5 Å². The SMILES string of the molecule is N#Cc1cccc(-n2ccc(C(=O)N3CCOCc4ccccc43)n2)c1. The molecule has 0 N–H and O–H groups in total. The number of aromatic nitrogens is 2. The quantitative estimate of drug-likeness (QED) is 0.717. The van der Waals surface area contributed by atoms with Crippen molar-refractivity contribution in [3.63, 3.8) is 0 Å². The van der Waals surface area contributed by atoms with Crippen molar-refractivity contribution in [2.75, 3.05) is 18.1 Å². The van der Waals surface area contributed by atoms with E-state index in [9.17, 15) is 4.79 Å². The van der Waals surface area contributed by atoms with Crippen molar-refractivity contribution < 1.29 is 9.53 Å². The zero-order valence-corrected chi connectivity index (χ0v) is 14.0. The van der Waals surface area contributed by atoms with Gasteiger partial charge in [-0.2, -0.15) is 10.4 Å².